The highest BCUT2D eigenvalue weighted by atomic mass is 32.2. The van der Waals surface area contributed by atoms with Gasteiger partial charge in [-0.3, -0.25) is 4.31 Å². The Bertz CT molecular complexity index is 479. The Morgan fingerprint density at radius 3 is 2.87 bits per heavy atom. The topological polar surface area (TPSA) is 37.4 Å². The Morgan fingerprint density at radius 2 is 2.13 bits per heavy atom. The van der Waals surface area contributed by atoms with Crippen LogP contribution in [0.1, 0.15) is 5.56 Å². The van der Waals surface area contributed by atoms with Crippen molar-refractivity contribution in [1.29, 1.82) is 0 Å². The molecule has 3 nitrogen and oxygen atoms in total. The monoisotopic (exact) mass is 223 g/mol. The maximum absolute atomic E-state index is 11.9. The van der Waals surface area contributed by atoms with Crippen molar-refractivity contribution >= 4 is 15.7 Å². The van der Waals surface area contributed by atoms with E-state index in [1.165, 1.54) is 10.4 Å². The molecule has 1 aliphatic heterocycles. The molecule has 80 valence electrons. The van der Waals surface area contributed by atoms with E-state index in [9.17, 15) is 8.42 Å². The SMILES string of the molecule is C=CCS(=O)(=O)N1CCc2ccccc21. The molecule has 0 spiro atoms. The molecule has 0 bridgehead atoms. The van der Waals surface area contributed by atoms with Crippen molar-refractivity contribution in [1.82, 2.24) is 0 Å². The standard InChI is InChI=1S/C11H13NO2S/c1-2-9-15(13,14)12-8-7-10-5-3-4-6-11(10)12/h2-6H,1,7-9H2. The molecule has 0 fully saturated rings. The number of rotatable bonds is 3. The Balaban J connectivity index is 2.40. The second kappa shape index (κ2) is 3.70. The first kappa shape index (κ1) is 10.2. The van der Waals surface area contributed by atoms with Crippen LogP contribution in [0.5, 0.6) is 0 Å². The summed E-state index contributed by atoms with van der Waals surface area (Å²) >= 11 is 0. The summed E-state index contributed by atoms with van der Waals surface area (Å²) in [5.41, 5.74) is 1.92. The number of fused-ring (bicyclic) bond motifs is 1. The van der Waals surface area contributed by atoms with Gasteiger partial charge in [-0.05, 0) is 18.1 Å². The largest absolute Gasteiger partial charge is 0.269 e. The van der Waals surface area contributed by atoms with Gasteiger partial charge in [-0.1, -0.05) is 24.3 Å². The predicted molar refractivity (Wildman–Crippen MR) is 61.5 cm³/mol. The van der Waals surface area contributed by atoms with E-state index in [1.54, 1.807) is 0 Å². The molecule has 0 unspecified atom stereocenters. The van der Waals surface area contributed by atoms with Crippen LogP contribution in [0.3, 0.4) is 0 Å². The molecule has 1 aliphatic rings. The highest BCUT2D eigenvalue weighted by Gasteiger charge is 2.27. The fourth-order valence-electron chi connectivity index (χ4n) is 1.84. The van der Waals surface area contributed by atoms with Crippen LogP contribution in [0.25, 0.3) is 0 Å². The highest BCUT2D eigenvalue weighted by molar-refractivity contribution is 7.92. The lowest BCUT2D eigenvalue weighted by Gasteiger charge is -2.18. The van der Waals surface area contributed by atoms with Gasteiger partial charge in [-0.15, -0.1) is 6.58 Å². The van der Waals surface area contributed by atoms with Crippen molar-refractivity contribution in [3.8, 4) is 0 Å². The summed E-state index contributed by atoms with van der Waals surface area (Å²) in [7, 11) is -3.21. The average Bonchev–Trinajstić information content (AvgIpc) is 2.61. The fraction of sp³-hybridized carbons (Fsp3) is 0.273. The lowest BCUT2D eigenvalue weighted by Crippen LogP contribution is -2.30. The van der Waals surface area contributed by atoms with Crippen molar-refractivity contribution in [2.75, 3.05) is 16.6 Å². The normalized spacial score (nSPS) is 15.1. The van der Waals surface area contributed by atoms with Crippen LogP contribution in [0.15, 0.2) is 36.9 Å². The number of hydrogen-bond acceptors (Lipinski definition) is 2. The Kier molecular flexibility index (Phi) is 2.52. The summed E-state index contributed by atoms with van der Waals surface area (Å²) < 4.78 is 25.2. The van der Waals surface area contributed by atoms with E-state index in [0.29, 0.717) is 6.54 Å². The molecule has 4 heteroatoms. The Labute approximate surface area is 90.1 Å². The van der Waals surface area contributed by atoms with Gasteiger partial charge in [0.1, 0.15) is 0 Å². The molecular formula is C11H13NO2S. The van der Waals surface area contributed by atoms with Gasteiger partial charge in [0.15, 0.2) is 0 Å². The number of sulfonamides is 1. The van der Waals surface area contributed by atoms with E-state index >= 15 is 0 Å². The number of nitrogens with zero attached hydrogens (tertiary/aromatic N) is 1. The molecule has 0 saturated heterocycles. The number of anilines is 1. The van der Waals surface area contributed by atoms with Crippen molar-refractivity contribution in [2.45, 2.75) is 6.42 Å². The summed E-state index contributed by atoms with van der Waals surface area (Å²) in [6.45, 7) is 4.02. The molecule has 15 heavy (non-hydrogen) atoms. The van der Waals surface area contributed by atoms with E-state index in [-0.39, 0.29) is 5.75 Å². The summed E-state index contributed by atoms with van der Waals surface area (Å²) in [4.78, 5) is 0. The highest BCUT2D eigenvalue weighted by Crippen LogP contribution is 2.29. The maximum atomic E-state index is 11.9. The molecule has 0 N–H and O–H groups in total. The average molecular weight is 223 g/mol. The number of para-hydroxylation sites is 1. The molecule has 2 rings (SSSR count). The zero-order valence-electron chi connectivity index (χ0n) is 8.39. The van der Waals surface area contributed by atoms with Crippen LogP contribution < -0.4 is 4.31 Å². The lowest BCUT2D eigenvalue weighted by atomic mass is 10.2. The molecular weight excluding hydrogens is 210 g/mol. The van der Waals surface area contributed by atoms with Gasteiger partial charge in [0.05, 0.1) is 11.4 Å². The summed E-state index contributed by atoms with van der Waals surface area (Å²) in [6.07, 6.45) is 2.23. The molecule has 0 saturated carbocycles. The number of benzene rings is 1. The zero-order chi connectivity index (χ0) is 10.9. The van der Waals surface area contributed by atoms with E-state index in [1.807, 2.05) is 24.3 Å². The second-order valence-electron chi connectivity index (χ2n) is 3.52. The van der Waals surface area contributed by atoms with Crippen molar-refractivity contribution in [2.24, 2.45) is 0 Å². The summed E-state index contributed by atoms with van der Waals surface area (Å²) in [6, 6.07) is 7.62. The van der Waals surface area contributed by atoms with Gasteiger partial charge in [-0.2, -0.15) is 0 Å². The Hall–Kier alpha value is -1.29. The third-order valence-corrected chi connectivity index (χ3v) is 4.22. The van der Waals surface area contributed by atoms with Crippen LogP contribution >= 0.6 is 0 Å². The smallest absolute Gasteiger partial charge is 0.238 e. The van der Waals surface area contributed by atoms with Crippen LogP contribution in [-0.2, 0) is 16.4 Å². The minimum absolute atomic E-state index is 0.00132. The molecule has 0 amide bonds. The van der Waals surface area contributed by atoms with Gasteiger partial charge in [-0.25, -0.2) is 8.42 Å². The maximum Gasteiger partial charge on any atom is 0.238 e. The first-order valence-electron chi connectivity index (χ1n) is 4.84. The molecule has 1 aromatic carbocycles. The van der Waals surface area contributed by atoms with E-state index in [2.05, 4.69) is 6.58 Å². The first-order chi connectivity index (χ1) is 7.15. The van der Waals surface area contributed by atoms with Crippen LogP contribution in [0.4, 0.5) is 5.69 Å². The third kappa shape index (κ3) is 1.77. The van der Waals surface area contributed by atoms with Gasteiger partial charge in [0.2, 0.25) is 10.0 Å². The predicted octanol–water partition coefficient (Wildman–Crippen LogP) is 1.56. The minimum Gasteiger partial charge on any atom is -0.269 e. The fourth-order valence-corrected chi connectivity index (χ4v) is 3.16. The van der Waals surface area contributed by atoms with Crippen molar-refractivity contribution < 1.29 is 8.42 Å². The van der Waals surface area contributed by atoms with Gasteiger partial charge in [0, 0.05) is 6.54 Å². The molecule has 1 heterocycles. The minimum atomic E-state index is -3.21. The van der Waals surface area contributed by atoms with Gasteiger partial charge < -0.3 is 0 Å². The van der Waals surface area contributed by atoms with E-state index < -0.39 is 10.0 Å². The lowest BCUT2D eigenvalue weighted by molar-refractivity contribution is 0.595. The van der Waals surface area contributed by atoms with Crippen LogP contribution in [0.2, 0.25) is 0 Å². The van der Waals surface area contributed by atoms with Crippen LogP contribution in [-0.4, -0.2) is 20.7 Å². The van der Waals surface area contributed by atoms with Crippen LogP contribution in [0, 0.1) is 0 Å². The molecule has 0 aliphatic carbocycles. The van der Waals surface area contributed by atoms with E-state index in [4.69, 9.17) is 0 Å². The quantitative estimate of drug-likeness (QED) is 0.729. The third-order valence-electron chi connectivity index (χ3n) is 2.51. The first-order valence-corrected chi connectivity index (χ1v) is 6.45. The van der Waals surface area contributed by atoms with Gasteiger partial charge >= 0.3 is 0 Å². The Morgan fingerprint density at radius 1 is 1.40 bits per heavy atom. The molecule has 0 atom stereocenters. The van der Waals surface area contributed by atoms with Crippen molar-refractivity contribution in [3.63, 3.8) is 0 Å². The number of hydrogen-bond donors (Lipinski definition) is 0. The molecule has 1 aromatic rings. The second-order valence-corrected chi connectivity index (χ2v) is 5.46. The zero-order valence-corrected chi connectivity index (χ0v) is 9.20. The van der Waals surface area contributed by atoms with Crippen molar-refractivity contribution in [3.05, 3.63) is 42.5 Å². The van der Waals surface area contributed by atoms with Gasteiger partial charge in [0.25, 0.3) is 0 Å². The molecule has 0 aromatic heterocycles. The summed E-state index contributed by atoms with van der Waals surface area (Å²) in [5, 5.41) is 0. The molecule has 0 radical (unpaired) electrons. The van der Waals surface area contributed by atoms with E-state index in [0.717, 1.165) is 17.7 Å². The summed E-state index contributed by atoms with van der Waals surface area (Å²) in [5.74, 6) is 0.00132.